The third-order valence-corrected chi connectivity index (χ3v) is 5.65. The normalized spacial score (nSPS) is 17.4. The van der Waals surface area contributed by atoms with Crippen molar-refractivity contribution < 1.29 is 9.59 Å². The lowest BCUT2D eigenvalue weighted by Gasteiger charge is -2.32. The van der Waals surface area contributed by atoms with E-state index in [0.717, 1.165) is 55.7 Å². The van der Waals surface area contributed by atoms with E-state index in [1.165, 1.54) is 0 Å². The third-order valence-electron chi connectivity index (χ3n) is 5.65. The first-order chi connectivity index (χ1) is 13.5. The fraction of sp³-hybridized carbons (Fsp3) is 0.391. The van der Waals surface area contributed by atoms with Crippen LogP contribution in [-0.4, -0.2) is 60.9 Å². The van der Waals surface area contributed by atoms with E-state index < -0.39 is 0 Å². The summed E-state index contributed by atoms with van der Waals surface area (Å²) in [4.78, 5) is 29.3. The van der Waals surface area contributed by atoms with Gasteiger partial charge in [-0.15, -0.1) is 0 Å². The van der Waals surface area contributed by atoms with Gasteiger partial charge in [0.2, 0.25) is 0 Å². The Balaban J connectivity index is 1.51. The molecule has 28 heavy (non-hydrogen) atoms. The van der Waals surface area contributed by atoms with Crippen LogP contribution in [0.15, 0.2) is 42.5 Å². The smallest absolute Gasteiger partial charge is 0.253 e. The molecule has 1 N–H and O–H groups in total. The highest BCUT2D eigenvalue weighted by Gasteiger charge is 2.24. The number of rotatable bonds is 4. The molecule has 0 aromatic heterocycles. The molecule has 1 saturated carbocycles. The zero-order valence-corrected chi connectivity index (χ0v) is 16.6. The number of aryl methyl sites for hydroxylation is 1. The molecule has 2 fully saturated rings. The van der Waals surface area contributed by atoms with Gasteiger partial charge in [-0.25, -0.2) is 0 Å². The number of carbonyl (C=O) groups excluding carboxylic acids is 2. The van der Waals surface area contributed by atoms with E-state index in [1.54, 1.807) is 0 Å². The van der Waals surface area contributed by atoms with Crippen LogP contribution in [0.1, 0.15) is 39.1 Å². The largest absolute Gasteiger partial charge is 0.349 e. The summed E-state index contributed by atoms with van der Waals surface area (Å²) in [6.07, 6.45) is 2.15. The van der Waals surface area contributed by atoms with Gasteiger partial charge < -0.3 is 15.1 Å². The zero-order valence-electron chi connectivity index (χ0n) is 16.6. The maximum absolute atomic E-state index is 12.7. The van der Waals surface area contributed by atoms with Crippen molar-refractivity contribution in [2.24, 2.45) is 0 Å². The maximum Gasteiger partial charge on any atom is 0.253 e. The molecular weight excluding hydrogens is 350 g/mol. The van der Waals surface area contributed by atoms with Gasteiger partial charge in [-0.05, 0) is 67.8 Å². The molecule has 0 spiro atoms. The van der Waals surface area contributed by atoms with Crippen molar-refractivity contribution >= 4 is 11.8 Å². The quantitative estimate of drug-likeness (QED) is 0.891. The van der Waals surface area contributed by atoms with E-state index in [-0.39, 0.29) is 11.8 Å². The first-order valence-electron chi connectivity index (χ1n) is 10.0. The van der Waals surface area contributed by atoms with Crippen molar-refractivity contribution in [1.82, 2.24) is 15.1 Å². The fourth-order valence-corrected chi connectivity index (χ4v) is 3.56. The Morgan fingerprint density at radius 2 is 1.57 bits per heavy atom. The molecule has 1 saturated heterocycles. The Morgan fingerprint density at radius 3 is 2.21 bits per heavy atom. The van der Waals surface area contributed by atoms with Crippen LogP contribution in [0.25, 0.3) is 11.1 Å². The van der Waals surface area contributed by atoms with Gasteiger partial charge in [0, 0.05) is 43.3 Å². The van der Waals surface area contributed by atoms with Crippen LogP contribution in [0.4, 0.5) is 0 Å². The second-order valence-corrected chi connectivity index (χ2v) is 7.95. The first-order valence-corrected chi connectivity index (χ1v) is 10.0. The summed E-state index contributed by atoms with van der Waals surface area (Å²) >= 11 is 0. The maximum atomic E-state index is 12.7. The number of piperazine rings is 1. The van der Waals surface area contributed by atoms with Crippen LogP contribution in [0.5, 0.6) is 0 Å². The summed E-state index contributed by atoms with van der Waals surface area (Å²) in [5.41, 5.74) is 4.57. The van der Waals surface area contributed by atoms with Crippen molar-refractivity contribution in [3.63, 3.8) is 0 Å². The van der Waals surface area contributed by atoms with Crippen molar-refractivity contribution in [3.8, 4) is 11.1 Å². The fourth-order valence-electron chi connectivity index (χ4n) is 3.56. The van der Waals surface area contributed by atoms with Gasteiger partial charge in [-0.2, -0.15) is 0 Å². The van der Waals surface area contributed by atoms with Gasteiger partial charge in [0.25, 0.3) is 11.8 Å². The second kappa shape index (κ2) is 7.76. The van der Waals surface area contributed by atoms with Crippen LogP contribution >= 0.6 is 0 Å². The van der Waals surface area contributed by atoms with Crippen LogP contribution in [0.2, 0.25) is 0 Å². The highest BCUT2D eigenvalue weighted by molar-refractivity contribution is 5.97. The Kier molecular flexibility index (Phi) is 5.18. The summed E-state index contributed by atoms with van der Waals surface area (Å²) in [5.74, 6) is 0.0829. The SMILES string of the molecule is Cc1ccc(C(=O)NC2CC2)cc1-c1ccc(C(=O)N2CCN(C)CC2)cc1. The summed E-state index contributed by atoms with van der Waals surface area (Å²) in [6.45, 7) is 5.42. The molecule has 2 aromatic rings. The van der Waals surface area contributed by atoms with Crippen LogP contribution in [0.3, 0.4) is 0 Å². The summed E-state index contributed by atoms with van der Waals surface area (Å²) < 4.78 is 0. The molecule has 2 amide bonds. The number of nitrogens with zero attached hydrogens (tertiary/aromatic N) is 2. The average Bonchev–Trinajstić information content (AvgIpc) is 3.52. The van der Waals surface area contributed by atoms with Crippen LogP contribution < -0.4 is 5.32 Å². The molecule has 4 rings (SSSR count). The van der Waals surface area contributed by atoms with E-state index in [2.05, 4.69) is 17.3 Å². The van der Waals surface area contributed by atoms with Crippen molar-refractivity contribution in [3.05, 3.63) is 59.2 Å². The molecular formula is C23H27N3O2. The van der Waals surface area contributed by atoms with Crippen molar-refractivity contribution in [2.75, 3.05) is 33.2 Å². The molecule has 1 aliphatic heterocycles. The molecule has 5 heteroatoms. The lowest BCUT2D eigenvalue weighted by Crippen LogP contribution is -2.47. The van der Waals surface area contributed by atoms with Crippen LogP contribution in [0, 0.1) is 6.92 Å². The number of hydrogen-bond donors (Lipinski definition) is 1. The number of likely N-dealkylation sites (N-methyl/N-ethyl adjacent to an activating group) is 1. The van der Waals surface area contributed by atoms with Crippen molar-refractivity contribution in [1.29, 1.82) is 0 Å². The molecule has 2 aromatic carbocycles. The number of hydrogen-bond acceptors (Lipinski definition) is 3. The second-order valence-electron chi connectivity index (χ2n) is 7.95. The molecule has 5 nitrogen and oxygen atoms in total. The molecule has 1 heterocycles. The summed E-state index contributed by atoms with van der Waals surface area (Å²) in [5, 5.41) is 3.04. The number of amides is 2. The zero-order chi connectivity index (χ0) is 19.7. The van der Waals surface area contributed by atoms with Gasteiger partial charge in [0.15, 0.2) is 0 Å². The van der Waals surface area contributed by atoms with Gasteiger partial charge in [0.05, 0.1) is 0 Å². The average molecular weight is 377 g/mol. The topological polar surface area (TPSA) is 52.7 Å². The van der Waals surface area contributed by atoms with Crippen LogP contribution in [-0.2, 0) is 0 Å². The predicted molar refractivity (Wildman–Crippen MR) is 111 cm³/mol. The van der Waals surface area contributed by atoms with E-state index in [0.29, 0.717) is 17.2 Å². The number of carbonyl (C=O) groups is 2. The molecule has 0 radical (unpaired) electrons. The van der Waals surface area contributed by atoms with E-state index in [9.17, 15) is 9.59 Å². The minimum Gasteiger partial charge on any atom is -0.349 e. The Labute approximate surface area is 166 Å². The minimum atomic E-state index is -0.00869. The number of nitrogens with one attached hydrogen (secondary N) is 1. The lowest BCUT2D eigenvalue weighted by molar-refractivity contribution is 0.0664. The van der Waals surface area contributed by atoms with Gasteiger partial charge in [-0.3, -0.25) is 9.59 Å². The van der Waals surface area contributed by atoms with Gasteiger partial charge in [-0.1, -0.05) is 18.2 Å². The predicted octanol–water partition coefficient (Wildman–Crippen LogP) is 2.94. The molecule has 1 aliphatic carbocycles. The van der Waals surface area contributed by atoms with E-state index in [4.69, 9.17) is 0 Å². The highest BCUT2D eigenvalue weighted by Crippen LogP contribution is 2.26. The van der Waals surface area contributed by atoms with Gasteiger partial charge >= 0.3 is 0 Å². The van der Waals surface area contributed by atoms with Gasteiger partial charge in [0.1, 0.15) is 0 Å². The standard InChI is InChI=1S/C23H27N3O2/c1-16-3-4-19(22(27)24-20-9-10-20)15-21(16)17-5-7-18(8-6-17)23(28)26-13-11-25(2)12-14-26/h3-8,15,20H,9-14H2,1-2H3,(H,24,27). The number of benzene rings is 2. The first kappa shape index (κ1) is 18.7. The Hall–Kier alpha value is -2.66. The molecule has 146 valence electrons. The summed E-state index contributed by atoms with van der Waals surface area (Å²) in [6, 6.07) is 13.9. The van der Waals surface area contributed by atoms with Crippen molar-refractivity contribution in [2.45, 2.75) is 25.8 Å². The molecule has 0 bridgehead atoms. The molecule has 0 atom stereocenters. The Bertz CT molecular complexity index is 879. The Morgan fingerprint density at radius 1 is 0.929 bits per heavy atom. The third kappa shape index (κ3) is 4.09. The molecule has 2 aliphatic rings. The minimum absolute atomic E-state index is 0.00869. The lowest BCUT2D eigenvalue weighted by atomic mass is 9.96. The summed E-state index contributed by atoms with van der Waals surface area (Å²) in [7, 11) is 2.08. The monoisotopic (exact) mass is 377 g/mol. The van der Waals surface area contributed by atoms with E-state index >= 15 is 0 Å². The highest BCUT2D eigenvalue weighted by atomic mass is 16.2. The van der Waals surface area contributed by atoms with E-state index in [1.807, 2.05) is 54.3 Å². The molecule has 0 unspecified atom stereocenters.